The Bertz CT molecular complexity index is 213. The van der Waals surface area contributed by atoms with Gasteiger partial charge in [-0.25, -0.2) is 0 Å². The molecule has 0 aromatic heterocycles. The first-order valence-electron chi connectivity index (χ1n) is 6.01. The zero-order chi connectivity index (χ0) is 11.6. The molecule has 92 valence electrons. The maximum atomic E-state index is 11.5. The second-order valence-electron chi connectivity index (χ2n) is 4.06. The molecule has 2 N–H and O–H groups in total. The van der Waals surface area contributed by atoms with Crippen molar-refractivity contribution in [1.29, 1.82) is 0 Å². The van der Waals surface area contributed by atoms with Crippen LogP contribution in [-0.4, -0.2) is 38.3 Å². The Morgan fingerprint density at radius 1 is 1.50 bits per heavy atom. The van der Waals surface area contributed by atoms with E-state index in [-0.39, 0.29) is 5.91 Å². The van der Waals surface area contributed by atoms with Crippen LogP contribution in [0.2, 0.25) is 0 Å². The van der Waals surface area contributed by atoms with Crippen LogP contribution in [0.15, 0.2) is 12.7 Å². The van der Waals surface area contributed by atoms with Gasteiger partial charge >= 0.3 is 0 Å². The van der Waals surface area contributed by atoms with Crippen molar-refractivity contribution in [3.63, 3.8) is 0 Å². The summed E-state index contributed by atoms with van der Waals surface area (Å²) >= 11 is 0. The van der Waals surface area contributed by atoms with Crippen LogP contribution >= 0.6 is 0 Å². The molecule has 4 nitrogen and oxygen atoms in total. The van der Waals surface area contributed by atoms with E-state index >= 15 is 0 Å². The second-order valence-corrected chi connectivity index (χ2v) is 4.06. The van der Waals surface area contributed by atoms with Crippen LogP contribution in [0.3, 0.4) is 0 Å². The van der Waals surface area contributed by atoms with E-state index in [2.05, 4.69) is 17.2 Å². The Morgan fingerprint density at radius 3 is 2.94 bits per heavy atom. The fourth-order valence-corrected chi connectivity index (χ4v) is 1.77. The average Bonchev–Trinajstić information content (AvgIpc) is 2.30. The van der Waals surface area contributed by atoms with Crippen LogP contribution in [0, 0.1) is 0 Å². The summed E-state index contributed by atoms with van der Waals surface area (Å²) in [5.74, 6) is 0.147. The van der Waals surface area contributed by atoms with Gasteiger partial charge in [0.25, 0.3) is 0 Å². The molecule has 0 aliphatic carbocycles. The van der Waals surface area contributed by atoms with E-state index in [1.165, 1.54) is 0 Å². The van der Waals surface area contributed by atoms with Crippen LogP contribution in [0.1, 0.15) is 25.7 Å². The SMILES string of the molecule is C=CCOCCCC(=O)NC1CCNCC1. The maximum Gasteiger partial charge on any atom is 0.220 e. The third kappa shape index (κ3) is 5.88. The van der Waals surface area contributed by atoms with Gasteiger partial charge in [0, 0.05) is 19.1 Å². The van der Waals surface area contributed by atoms with Crippen molar-refractivity contribution in [2.45, 2.75) is 31.7 Å². The summed E-state index contributed by atoms with van der Waals surface area (Å²) in [5, 5.41) is 6.33. The first-order chi connectivity index (χ1) is 7.83. The first kappa shape index (κ1) is 13.2. The van der Waals surface area contributed by atoms with Crippen molar-refractivity contribution in [3.05, 3.63) is 12.7 Å². The molecule has 1 saturated heterocycles. The Hall–Kier alpha value is -0.870. The summed E-state index contributed by atoms with van der Waals surface area (Å²) in [4.78, 5) is 11.5. The van der Waals surface area contributed by atoms with E-state index in [9.17, 15) is 4.79 Å². The number of ether oxygens (including phenoxy) is 1. The van der Waals surface area contributed by atoms with Gasteiger partial charge in [0.1, 0.15) is 0 Å². The number of nitrogens with one attached hydrogen (secondary N) is 2. The van der Waals surface area contributed by atoms with Crippen LogP contribution in [0.5, 0.6) is 0 Å². The predicted molar refractivity (Wildman–Crippen MR) is 64.3 cm³/mol. The minimum absolute atomic E-state index is 0.147. The van der Waals surface area contributed by atoms with Crippen molar-refractivity contribution in [2.75, 3.05) is 26.3 Å². The Balaban J connectivity index is 1.99. The van der Waals surface area contributed by atoms with Crippen LogP contribution in [0.4, 0.5) is 0 Å². The fraction of sp³-hybridized carbons (Fsp3) is 0.750. The lowest BCUT2D eigenvalue weighted by molar-refractivity contribution is -0.122. The molecule has 0 saturated carbocycles. The fourth-order valence-electron chi connectivity index (χ4n) is 1.77. The molecular formula is C12H22N2O2. The standard InChI is InChI=1S/C12H22N2O2/c1-2-9-16-10-3-4-12(15)14-11-5-7-13-8-6-11/h2,11,13H,1,3-10H2,(H,14,15). The van der Waals surface area contributed by atoms with Gasteiger partial charge in [-0.05, 0) is 32.4 Å². The summed E-state index contributed by atoms with van der Waals surface area (Å²) in [6.45, 7) is 6.77. The predicted octanol–water partition coefficient (Wildman–Crippen LogP) is 0.837. The van der Waals surface area contributed by atoms with Gasteiger partial charge in [0.05, 0.1) is 6.61 Å². The molecule has 1 rings (SSSR count). The highest BCUT2D eigenvalue weighted by atomic mass is 16.5. The molecule has 0 aromatic rings. The van der Waals surface area contributed by atoms with Crippen molar-refractivity contribution < 1.29 is 9.53 Å². The van der Waals surface area contributed by atoms with Crippen molar-refractivity contribution in [2.24, 2.45) is 0 Å². The molecule has 1 aliphatic rings. The number of carbonyl (C=O) groups is 1. The largest absolute Gasteiger partial charge is 0.377 e. The molecule has 1 aliphatic heterocycles. The zero-order valence-corrected chi connectivity index (χ0v) is 9.84. The molecular weight excluding hydrogens is 204 g/mol. The van der Waals surface area contributed by atoms with Gasteiger partial charge in [-0.2, -0.15) is 0 Å². The smallest absolute Gasteiger partial charge is 0.220 e. The van der Waals surface area contributed by atoms with Gasteiger partial charge in [-0.3, -0.25) is 4.79 Å². The molecule has 16 heavy (non-hydrogen) atoms. The number of hydrogen-bond donors (Lipinski definition) is 2. The van der Waals surface area contributed by atoms with Crippen LogP contribution < -0.4 is 10.6 Å². The van der Waals surface area contributed by atoms with Gasteiger partial charge in [-0.1, -0.05) is 6.08 Å². The molecule has 0 aromatic carbocycles. The number of rotatable bonds is 7. The lowest BCUT2D eigenvalue weighted by Gasteiger charge is -2.23. The molecule has 0 spiro atoms. The Labute approximate surface area is 97.4 Å². The minimum atomic E-state index is 0.147. The number of amides is 1. The normalized spacial score (nSPS) is 17.0. The summed E-state index contributed by atoms with van der Waals surface area (Å²) < 4.78 is 5.22. The molecule has 4 heteroatoms. The zero-order valence-electron chi connectivity index (χ0n) is 9.84. The molecule has 0 bridgehead atoms. The van der Waals surface area contributed by atoms with Gasteiger partial charge < -0.3 is 15.4 Å². The molecule has 0 radical (unpaired) electrons. The quantitative estimate of drug-likeness (QED) is 0.499. The Morgan fingerprint density at radius 2 is 2.25 bits per heavy atom. The van der Waals surface area contributed by atoms with E-state index in [1.807, 2.05) is 0 Å². The topological polar surface area (TPSA) is 50.4 Å². The number of carbonyl (C=O) groups excluding carboxylic acids is 1. The van der Waals surface area contributed by atoms with E-state index in [1.54, 1.807) is 6.08 Å². The van der Waals surface area contributed by atoms with E-state index in [4.69, 9.17) is 4.74 Å². The molecule has 1 amide bonds. The summed E-state index contributed by atoms with van der Waals surface area (Å²) in [7, 11) is 0. The maximum absolute atomic E-state index is 11.5. The number of piperidine rings is 1. The molecule has 0 atom stereocenters. The highest BCUT2D eigenvalue weighted by molar-refractivity contribution is 5.76. The van der Waals surface area contributed by atoms with Crippen molar-refractivity contribution in [1.82, 2.24) is 10.6 Å². The highest BCUT2D eigenvalue weighted by Gasteiger charge is 2.14. The van der Waals surface area contributed by atoms with Gasteiger partial charge in [-0.15, -0.1) is 6.58 Å². The monoisotopic (exact) mass is 226 g/mol. The van der Waals surface area contributed by atoms with E-state index < -0.39 is 0 Å². The molecule has 1 fully saturated rings. The lowest BCUT2D eigenvalue weighted by atomic mass is 10.1. The highest BCUT2D eigenvalue weighted by Crippen LogP contribution is 2.02. The average molecular weight is 226 g/mol. The Kier molecular flexibility index (Phi) is 6.85. The third-order valence-electron chi connectivity index (χ3n) is 2.63. The summed E-state index contributed by atoms with van der Waals surface area (Å²) in [6, 6.07) is 0.364. The molecule has 1 heterocycles. The first-order valence-corrected chi connectivity index (χ1v) is 6.01. The second kappa shape index (κ2) is 8.30. The van der Waals surface area contributed by atoms with Crippen molar-refractivity contribution in [3.8, 4) is 0 Å². The third-order valence-corrected chi connectivity index (χ3v) is 2.63. The van der Waals surface area contributed by atoms with Crippen LogP contribution in [-0.2, 0) is 9.53 Å². The number of hydrogen-bond acceptors (Lipinski definition) is 3. The van der Waals surface area contributed by atoms with Crippen molar-refractivity contribution >= 4 is 5.91 Å². The van der Waals surface area contributed by atoms with E-state index in [0.29, 0.717) is 25.7 Å². The summed E-state index contributed by atoms with van der Waals surface area (Å²) in [6.07, 6.45) is 5.14. The minimum Gasteiger partial charge on any atom is -0.377 e. The van der Waals surface area contributed by atoms with E-state index in [0.717, 1.165) is 32.4 Å². The van der Waals surface area contributed by atoms with Crippen LogP contribution in [0.25, 0.3) is 0 Å². The molecule has 0 unspecified atom stereocenters. The summed E-state index contributed by atoms with van der Waals surface area (Å²) in [5.41, 5.74) is 0. The van der Waals surface area contributed by atoms with Gasteiger partial charge in [0.15, 0.2) is 0 Å². The van der Waals surface area contributed by atoms with Gasteiger partial charge in [0.2, 0.25) is 5.91 Å². The lowest BCUT2D eigenvalue weighted by Crippen LogP contribution is -2.42.